The van der Waals surface area contributed by atoms with Crippen LogP contribution in [0.2, 0.25) is 0 Å². The molecule has 3 heterocycles. The standard InChI is InChI=1S/C15H23N5O/c16-14-10-17-13(9-18-14)15(21)20-7-3-12(4-8-20)11-19-5-1-2-6-19/h9-10,12H,1-8,11H2,(H2,16,18). The lowest BCUT2D eigenvalue weighted by Gasteiger charge is -2.33. The summed E-state index contributed by atoms with van der Waals surface area (Å²) in [6.45, 7) is 5.34. The van der Waals surface area contributed by atoms with E-state index >= 15 is 0 Å². The van der Waals surface area contributed by atoms with E-state index in [1.54, 1.807) is 0 Å². The van der Waals surface area contributed by atoms with Crippen LogP contribution in [-0.4, -0.2) is 58.4 Å². The van der Waals surface area contributed by atoms with Gasteiger partial charge in [-0.15, -0.1) is 0 Å². The van der Waals surface area contributed by atoms with Gasteiger partial charge in [-0.25, -0.2) is 9.97 Å². The van der Waals surface area contributed by atoms with E-state index in [9.17, 15) is 4.79 Å². The van der Waals surface area contributed by atoms with Gasteiger partial charge in [0.25, 0.3) is 5.91 Å². The highest BCUT2D eigenvalue weighted by Crippen LogP contribution is 2.21. The summed E-state index contributed by atoms with van der Waals surface area (Å²) in [6, 6.07) is 0. The molecule has 3 rings (SSSR count). The molecule has 2 aliphatic rings. The van der Waals surface area contributed by atoms with Crippen molar-refractivity contribution in [2.75, 3.05) is 38.5 Å². The SMILES string of the molecule is Nc1cnc(C(=O)N2CCC(CN3CCCC3)CC2)cn1. The molecule has 0 atom stereocenters. The topological polar surface area (TPSA) is 75.3 Å². The first-order chi connectivity index (χ1) is 10.2. The minimum atomic E-state index is -0.0258. The number of anilines is 1. The van der Waals surface area contributed by atoms with Gasteiger partial charge in [-0.2, -0.15) is 0 Å². The van der Waals surface area contributed by atoms with E-state index in [0.29, 0.717) is 11.5 Å². The van der Waals surface area contributed by atoms with Crippen LogP contribution in [0.15, 0.2) is 12.4 Å². The molecule has 2 fully saturated rings. The Balaban J connectivity index is 1.50. The van der Waals surface area contributed by atoms with Crippen LogP contribution in [0.5, 0.6) is 0 Å². The Morgan fingerprint density at radius 1 is 1.14 bits per heavy atom. The minimum Gasteiger partial charge on any atom is -0.382 e. The molecule has 114 valence electrons. The van der Waals surface area contributed by atoms with Crippen molar-refractivity contribution in [3.63, 3.8) is 0 Å². The summed E-state index contributed by atoms with van der Waals surface area (Å²) < 4.78 is 0. The lowest BCUT2D eigenvalue weighted by Crippen LogP contribution is -2.41. The first-order valence-corrected chi connectivity index (χ1v) is 7.81. The van der Waals surface area contributed by atoms with Crippen molar-refractivity contribution in [2.45, 2.75) is 25.7 Å². The molecule has 0 spiro atoms. The number of nitrogens with zero attached hydrogens (tertiary/aromatic N) is 4. The van der Waals surface area contributed by atoms with Crippen LogP contribution < -0.4 is 5.73 Å². The maximum Gasteiger partial charge on any atom is 0.274 e. The molecule has 6 heteroatoms. The highest BCUT2D eigenvalue weighted by molar-refractivity contribution is 5.92. The number of carbonyl (C=O) groups excluding carboxylic acids is 1. The molecule has 6 nitrogen and oxygen atoms in total. The van der Waals surface area contributed by atoms with Crippen LogP contribution in [-0.2, 0) is 0 Å². The van der Waals surface area contributed by atoms with E-state index in [-0.39, 0.29) is 5.91 Å². The fraction of sp³-hybridized carbons (Fsp3) is 0.667. The molecule has 0 radical (unpaired) electrons. The van der Waals surface area contributed by atoms with Gasteiger partial charge in [0.2, 0.25) is 0 Å². The Kier molecular flexibility index (Phi) is 4.34. The molecule has 0 bridgehead atoms. The second-order valence-electron chi connectivity index (χ2n) is 6.07. The van der Waals surface area contributed by atoms with Gasteiger partial charge in [0.05, 0.1) is 12.4 Å². The van der Waals surface area contributed by atoms with E-state index in [1.165, 1.54) is 44.9 Å². The van der Waals surface area contributed by atoms with Crippen LogP contribution in [0.25, 0.3) is 0 Å². The van der Waals surface area contributed by atoms with E-state index in [4.69, 9.17) is 5.73 Å². The smallest absolute Gasteiger partial charge is 0.274 e. The van der Waals surface area contributed by atoms with E-state index in [1.807, 2.05) is 4.90 Å². The van der Waals surface area contributed by atoms with Crippen molar-refractivity contribution in [1.29, 1.82) is 0 Å². The van der Waals surface area contributed by atoms with Crippen LogP contribution in [0.3, 0.4) is 0 Å². The average Bonchev–Trinajstić information content (AvgIpc) is 3.01. The van der Waals surface area contributed by atoms with Crippen molar-refractivity contribution in [2.24, 2.45) is 5.92 Å². The summed E-state index contributed by atoms with van der Waals surface area (Å²) in [5.41, 5.74) is 5.89. The second kappa shape index (κ2) is 6.39. The molecule has 21 heavy (non-hydrogen) atoms. The summed E-state index contributed by atoms with van der Waals surface area (Å²) in [7, 11) is 0. The Morgan fingerprint density at radius 2 is 1.86 bits per heavy atom. The Labute approximate surface area is 125 Å². The number of aromatic nitrogens is 2. The highest BCUT2D eigenvalue weighted by Gasteiger charge is 2.26. The van der Waals surface area contributed by atoms with Crippen molar-refractivity contribution in [1.82, 2.24) is 19.8 Å². The third-order valence-electron chi connectivity index (χ3n) is 4.51. The summed E-state index contributed by atoms with van der Waals surface area (Å²) in [5, 5.41) is 0. The fourth-order valence-corrected chi connectivity index (χ4v) is 3.26. The number of nitrogens with two attached hydrogens (primary N) is 1. The van der Waals surface area contributed by atoms with Crippen LogP contribution in [0, 0.1) is 5.92 Å². The summed E-state index contributed by atoms with van der Waals surface area (Å²) in [6.07, 6.45) is 7.76. The number of hydrogen-bond acceptors (Lipinski definition) is 5. The highest BCUT2D eigenvalue weighted by atomic mass is 16.2. The zero-order chi connectivity index (χ0) is 14.7. The molecule has 2 aliphatic heterocycles. The molecule has 1 aromatic rings. The van der Waals surface area contributed by atoms with Crippen molar-refractivity contribution < 1.29 is 4.79 Å². The number of piperidine rings is 1. The Morgan fingerprint density at radius 3 is 2.48 bits per heavy atom. The van der Waals surface area contributed by atoms with Gasteiger partial charge < -0.3 is 15.5 Å². The van der Waals surface area contributed by atoms with Crippen LogP contribution in [0.4, 0.5) is 5.82 Å². The molecule has 1 amide bonds. The number of carbonyl (C=O) groups is 1. The molecule has 0 saturated carbocycles. The van der Waals surface area contributed by atoms with Gasteiger partial charge >= 0.3 is 0 Å². The van der Waals surface area contributed by atoms with E-state index in [2.05, 4.69) is 14.9 Å². The molecular weight excluding hydrogens is 266 g/mol. The largest absolute Gasteiger partial charge is 0.382 e. The van der Waals surface area contributed by atoms with Gasteiger partial charge in [0, 0.05) is 19.6 Å². The molecule has 0 aromatic carbocycles. The number of amides is 1. The minimum absolute atomic E-state index is 0.0258. The van der Waals surface area contributed by atoms with Crippen molar-refractivity contribution in [3.05, 3.63) is 18.1 Å². The second-order valence-corrected chi connectivity index (χ2v) is 6.07. The molecular formula is C15H23N5O. The first kappa shape index (κ1) is 14.3. The maximum atomic E-state index is 12.3. The number of nitrogen functional groups attached to an aromatic ring is 1. The normalized spacial score (nSPS) is 20.9. The zero-order valence-electron chi connectivity index (χ0n) is 12.4. The van der Waals surface area contributed by atoms with E-state index < -0.39 is 0 Å². The van der Waals surface area contributed by atoms with Gasteiger partial charge in [0.15, 0.2) is 0 Å². The zero-order valence-corrected chi connectivity index (χ0v) is 12.4. The quantitative estimate of drug-likeness (QED) is 0.898. The first-order valence-electron chi connectivity index (χ1n) is 7.81. The Bertz CT molecular complexity index is 475. The molecule has 2 N–H and O–H groups in total. The van der Waals surface area contributed by atoms with Crippen molar-refractivity contribution in [3.8, 4) is 0 Å². The predicted octanol–water partition coefficient (Wildman–Crippen LogP) is 1.01. The van der Waals surface area contributed by atoms with E-state index in [0.717, 1.165) is 31.8 Å². The van der Waals surface area contributed by atoms with Gasteiger partial charge in [-0.3, -0.25) is 4.79 Å². The lowest BCUT2D eigenvalue weighted by atomic mass is 9.96. The summed E-state index contributed by atoms with van der Waals surface area (Å²) in [4.78, 5) is 24.8. The van der Waals surface area contributed by atoms with Crippen LogP contribution >= 0.6 is 0 Å². The molecule has 1 aromatic heterocycles. The van der Waals surface area contributed by atoms with Gasteiger partial charge in [-0.1, -0.05) is 0 Å². The maximum absolute atomic E-state index is 12.3. The average molecular weight is 289 g/mol. The molecule has 0 aliphatic carbocycles. The van der Waals surface area contributed by atoms with Crippen molar-refractivity contribution >= 4 is 11.7 Å². The third-order valence-corrected chi connectivity index (χ3v) is 4.51. The van der Waals surface area contributed by atoms with Crippen LogP contribution in [0.1, 0.15) is 36.2 Å². The number of hydrogen-bond donors (Lipinski definition) is 1. The predicted molar refractivity (Wildman–Crippen MR) is 80.7 cm³/mol. The summed E-state index contributed by atoms with van der Waals surface area (Å²) >= 11 is 0. The Hall–Kier alpha value is -1.69. The summed E-state index contributed by atoms with van der Waals surface area (Å²) in [5.74, 6) is 1.04. The molecule has 2 saturated heterocycles. The number of likely N-dealkylation sites (tertiary alicyclic amines) is 2. The monoisotopic (exact) mass is 289 g/mol. The lowest BCUT2D eigenvalue weighted by molar-refractivity contribution is 0.0666. The van der Waals surface area contributed by atoms with Gasteiger partial charge in [-0.05, 0) is 44.7 Å². The third kappa shape index (κ3) is 3.50. The number of rotatable bonds is 3. The van der Waals surface area contributed by atoms with Gasteiger partial charge in [0.1, 0.15) is 11.5 Å². The fourth-order valence-electron chi connectivity index (χ4n) is 3.26. The molecule has 0 unspecified atom stereocenters.